The highest BCUT2D eigenvalue weighted by Gasteiger charge is 2.14. The molecule has 0 saturated carbocycles. The molecule has 1 heterocycles. The second-order valence-electron chi connectivity index (χ2n) is 4.78. The zero-order chi connectivity index (χ0) is 16.8. The molecular weight excluding hydrogens is 302 g/mol. The Kier molecular flexibility index (Phi) is 4.97. The number of nitro groups is 1. The minimum atomic E-state index is -0.732. The van der Waals surface area contributed by atoms with Crippen molar-refractivity contribution < 1.29 is 9.72 Å². The summed E-state index contributed by atoms with van der Waals surface area (Å²) >= 11 is 0. The van der Waals surface area contributed by atoms with E-state index >= 15 is 0 Å². The van der Waals surface area contributed by atoms with Crippen molar-refractivity contribution in [3.63, 3.8) is 0 Å². The van der Waals surface area contributed by atoms with Gasteiger partial charge in [0.1, 0.15) is 6.54 Å². The number of benzene rings is 1. The standard InChI is InChI=1S/C13H15N7O3/c1-18(2)11-5-3-10(4-6-11)7-15-16-12(21)8-19-9-14-13(17-19)20(22)23/h3-7,9H,8H2,1-2H3,(H,16,21). The fourth-order valence-corrected chi connectivity index (χ4v) is 1.66. The molecule has 0 aliphatic carbocycles. The van der Waals surface area contributed by atoms with Crippen LogP contribution in [0.3, 0.4) is 0 Å². The first-order chi connectivity index (χ1) is 11.0. The van der Waals surface area contributed by atoms with Crippen LogP contribution < -0.4 is 10.3 Å². The molecule has 0 aliphatic heterocycles. The normalized spacial score (nSPS) is 10.7. The molecule has 120 valence electrons. The molecule has 1 amide bonds. The van der Waals surface area contributed by atoms with Crippen molar-refractivity contribution in [1.82, 2.24) is 20.2 Å². The van der Waals surface area contributed by atoms with Gasteiger partial charge in [-0.1, -0.05) is 17.1 Å². The van der Waals surface area contributed by atoms with Crippen LogP contribution in [-0.2, 0) is 11.3 Å². The number of carbonyl (C=O) groups is 1. The monoisotopic (exact) mass is 317 g/mol. The molecule has 0 radical (unpaired) electrons. The molecule has 0 fully saturated rings. The summed E-state index contributed by atoms with van der Waals surface area (Å²) in [6, 6.07) is 7.59. The van der Waals surface area contributed by atoms with Gasteiger partial charge in [0.25, 0.3) is 5.91 Å². The van der Waals surface area contributed by atoms with Crippen LogP contribution in [0.5, 0.6) is 0 Å². The molecule has 0 unspecified atom stereocenters. The third-order valence-corrected chi connectivity index (χ3v) is 2.81. The highest BCUT2D eigenvalue weighted by molar-refractivity contribution is 5.82. The lowest BCUT2D eigenvalue weighted by Crippen LogP contribution is -2.23. The third kappa shape index (κ3) is 4.59. The summed E-state index contributed by atoms with van der Waals surface area (Å²) in [4.78, 5) is 26.8. The third-order valence-electron chi connectivity index (χ3n) is 2.81. The molecule has 2 aromatic rings. The summed E-state index contributed by atoms with van der Waals surface area (Å²) in [7, 11) is 3.88. The van der Waals surface area contributed by atoms with Crippen LogP contribution in [0.1, 0.15) is 5.56 Å². The first-order valence-electron chi connectivity index (χ1n) is 6.59. The SMILES string of the molecule is CN(C)c1ccc(C=NNC(=O)Cn2cnc([N+](=O)[O-])n2)cc1. The van der Waals surface area contributed by atoms with E-state index < -0.39 is 16.8 Å². The number of nitrogens with one attached hydrogen (secondary N) is 1. The number of amides is 1. The molecule has 0 saturated heterocycles. The minimum Gasteiger partial charge on any atom is -0.390 e. The summed E-state index contributed by atoms with van der Waals surface area (Å²) in [5.74, 6) is -1.02. The van der Waals surface area contributed by atoms with E-state index in [-0.39, 0.29) is 6.54 Å². The van der Waals surface area contributed by atoms with Gasteiger partial charge >= 0.3 is 5.95 Å². The van der Waals surface area contributed by atoms with Crippen molar-refractivity contribution in [2.75, 3.05) is 19.0 Å². The predicted molar refractivity (Wildman–Crippen MR) is 83.2 cm³/mol. The molecule has 2 rings (SSSR count). The van der Waals surface area contributed by atoms with E-state index in [1.54, 1.807) is 0 Å². The number of anilines is 1. The van der Waals surface area contributed by atoms with Gasteiger partial charge in [-0.2, -0.15) is 9.78 Å². The molecule has 1 N–H and O–H groups in total. The van der Waals surface area contributed by atoms with E-state index in [4.69, 9.17) is 0 Å². The molecule has 23 heavy (non-hydrogen) atoms. The van der Waals surface area contributed by atoms with Crippen LogP contribution in [0.4, 0.5) is 11.6 Å². The summed E-state index contributed by atoms with van der Waals surface area (Å²) in [5, 5.41) is 17.8. The first-order valence-corrected chi connectivity index (χ1v) is 6.59. The van der Waals surface area contributed by atoms with E-state index in [0.29, 0.717) is 0 Å². The lowest BCUT2D eigenvalue weighted by atomic mass is 10.2. The Morgan fingerprint density at radius 1 is 1.43 bits per heavy atom. The Balaban J connectivity index is 1.86. The van der Waals surface area contributed by atoms with E-state index in [9.17, 15) is 14.9 Å². The average molecular weight is 317 g/mol. The quantitative estimate of drug-likeness (QED) is 0.468. The first kappa shape index (κ1) is 16.1. The van der Waals surface area contributed by atoms with E-state index in [1.165, 1.54) is 6.21 Å². The van der Waals surface area contributed by atoms with Crippen molar-refractivity contribution >= 4 is 23.8 Å². The number of hydrogen-bond acceptors (Lipinski definition) is 7. The van der Waals surface area contributed by atoms with Gasteiger partial charge in [0, 0.05) is 24.9 Å². The molecule has 1 aromatic heterocycles. The highest BCUT2D eigenvalue weighted by Crippen LogP contribution is 2.10. The van der Waals surface area contributed by atoms with Gasteiger partial charge < -0.3 is 15.0 Å². The minimum absolute atomic E-state index is 0.211. The number of aromatic nitrogens is 3. The lowest BCUT2D eigenvalue weighted by molar-refractivity contribution is -0.394. The smallest absolute Gasteiger partial charge is 0.390 e. The largest absolute Gasteiger partial charge is 0.490 e. The van der Waals surface area contributed by atoms with Crippen LogP contribution in [0.25, 0.3) is 0 Å². The van der Waals surface area contributed by atoms with Crippen molar-refractivity contribution in [3.05, 3.63) is 46.3 Å². The maximum Gasteiger partial charge on any atom is 0.490 e. The van der Waals surface area contributed by atoms with Crippen LogP contribution in [0.15, 0.2) is 35.7 Å². The Morgan fingerprint density at radius 3 is 2.70 bits per heavy atom. The van der Waals surface area contributed by atoms with Gasteiger partial charge in [-0.15, -0.1) is 0 Å². The van der Waals surface area contributed by atoms with Gasteiger partial charge in [0.15, 0.2) is 0 Å². The topological polar surface area (TPSA) is 119 Å². The maximum absolute atomic E-state index is 11.6. The zero-order valence-corrected chi connectivity index (χ0v) is 12.6. The van der Waals surface area contributed by atoms with Gasteiger partial charge in [-0.05, 0) is 22.6 Å². The second kappa shape index (κ2) is 7.11. The molecule has 0 aliphatic rings. The molecule has 0 bridgehead atoms. The lowest BCUT2D eigenvalue weighted by Gasteiger charge is -2.11. The summed E-state index contributed by atoms with van der Waals surface area (Å²) in [6.07, 6.45) is 2.61. The Morgan fingerprint density at radius 2 is 2.13 bits per heavy atom. The van der Waals surface area contributed by atoms with Gasteiger partial charge in [-0.25, -0.2) is 5.43 Å². The molecule has 10 heteroatoms. The van der Waals surface area contributed by atoms with Gasteiger partial charge in [0.2, 0.25) is 6.33 Å². The maximum atomic E-state index is 11.6. The van der Waals surface area contributed by atoms with Crippen molar-refractivity contribution in [2.45, 2.75) is 6.54 Å². The van der Waals surface area contributed by atoms with Crippen LogP contribution in [0, 0.1) is 10.1 Å². The fourth-order valence-electron chi connectivity index (χ4n) is 1.66. The number of hydrazone groups is 1. The molecular formula is C13H15N7O3. The molecule has 0 atom stereocenters. The van der Waals surface area contributed by atoms with E-state index in [2.05, 4.69) is 20.6 Å². The second-order valence-corrected chi connectivity index (χ2v) is 4.78. The van der Waals surface area contributed by atoms with Crippen molar-refractivity contribution in [2.24, 2.45) is 5.10 Å². The number of rotatable bonds is 6. The van der Waals surface area contributed by atoms with Crippen LogP contribution in [-0.4, -0.2) is 45.9 Å². The highest BCUT2D eigenvalue weighted by atomic mass is 16.6. The fraction of sp³-hybridized carbons (Fsp3) is 0.231. The summed E-state index contributed by atoms with van der Waals surface area (Å²) in [6.45, 7) is -0.211. The number of nitrogens with zero attached hydrogens (tertiary/aromatic N) is 6. The summed E-state index contributed by atoms with van der Waals surface area (Å²) in [5.41, 5.74) is 4.20. The van der Waals surface area contributed by atoms with Crippen molar-refractivity contribution in [1.29, 1.82) is 0 Å². The Hall–Kier alpha value is -3.30. The van der Waals surface area contributed by atoms with Crippen LogP contribution >= 0.6 is 0 Å². The molecule has 0 spiro atoms. The predicted octanol–water partition coefficient (Wildman–Crippen LogP) is 0.403. The van der Waals surface area contributed by atoms with E-state index in [1.807, 2.05) is 43.3 Å². The molecule has 10 nitrogen and oxygen atoms in total. The summed E-state index contributed by atoms with van der Waals surface area (Å²) < 4.78 is 1.06. The average Bonchev–Trinajstić information content (AvgIpc) is 2.96. The van der Waals surface area contributed by atoms with Crippen LogP contribution in [0.2, 0.25) is 0 Å². The number of carbonyl (C=O) groups excluding carboxylic acids is 1. The van der Waals surface area contributed by atoms with Gasteiger partial charge in [0.05, 0.1) is 6.21 Å². The Labute approximate surface area is 131 Å². The van der Waals surface area contributed by atoms with E-state index in [0.717, 1.165) is 22.3 Å². The zero-order valence-electron chi connectivity index (χ0n) is 12.6. The Bertz CT molecular complexity index is 721. The van der Waals surface area contributed by atoms with Crippen molar-refractivity contribution in [3.8, 4) is 0 Å². The number of hydrogen-bond donors (Lipinski definition) is 1. The molecule has 1 aromatic carbocycles. The van der Waals surface area contributed by atoms with Gasteiger partial charge in [-0.3, -0.25) is 4.79 Å².